The van der Waals surface area contributed by atoms with E-state index in [-0.39, 0.29) is 11.5 Å². The van der Waals surface area contributed by atoms with Gasteiger partial charge in [-0.3, -0.25) is 14.2 Å². The monoisotopic (exact) mass is 435 g/mol. The number of nitrogens with zero attached hydrogens (tertiary/aromatic N) is 2. The zero-order valence-electron chi connectivity index (χ0n) is 16.9. The molecular formula is C23H21N3O2S2. The van der Waals surface area contributed by atoms with Crippen molar-refractivity contribution in [1.82, 2.24) is 9.55 Å². The number of carbonyl (C=O) groups is 1. The maximum atomic E-state index is 13.3. The Kier molecular flexibility index (Phi) is 5.74. The number of thiophene rings is 1. The summed E-state index contributed by atoms with van der Waals surface area (Å²) in [5, 5.41) is 4.87. The Labute approximate surface area is 182 Å². The zero-order valence-corrected chi connectivity index (χ0v) is 18.5. The van der Waals surface area contributed by atoms with E-state index in [1.807, 2.05) is 73.8 Å². The van der Waals surface area contributed by atoms with Gasteiger partial charge in [-0.05, 0) is 48.1 Å². The predicted octanol–water partition coefficient (Wildman–Crippen LogP) is 5.08. The normalized spacial score (nSPS) is 12.1. The first kappa shape index (κ1) is 20.4. The fraction of sp³-hybridized carbons (Fsp3) is 0.174. The average Bonchev–Trinajstić information content (AvgIpc) is 3.21. The number of benzene rings is 2. The summed E-state index contributed by atoms with van der Waals surface area (Å²) in [6, 6.07) is 17.4. The lowest BCUT2D eigenvalue weighted by molar-refractivity contribution is -0.115. The largest absolute Gasteiger partial charge is 0.325 e. The minimum atomic E-state index is -0.555. The van der Waals surface area contributed by atoms with Crippen molar-refractivity contribution >= 4 is 44.9 Å². The van der Waals surface area contributed by atoms with Crippen molar-refractivity contribution in [2.24, 2.45) is 7.05 Å². The molecule has 2 aromatic heterocycles. The van der Waals surface area contributed by atoms with Crippen LogP contribution in [0.5, 0.6) is 0 Å². The molecule has 30 heavy (non-hydrogen) atoms. The van der Waals surface area contributed by atoms with E-state index in [1.165, 1.54) is 27.7 Å². The van der Waals surface area contributed by atoms with Crippen molar-refractivity contribution in [3.8, 4) is 0 Å². The summed E-state index contributed by atoms with van der Waals surface area (Å²) in [7, 11) is 1.70. The molecule has 4 rings (SSSR count). The molecule has 1 atom stereocenters. The molecule has 0 radical (unpaired) electrons. The first-order chi connectivity index (χ1) is 14.4. The molecule has 0 fully saturated rings. The number of aryl methyl sites for hydroxylation is 2. The number of rotatable bonds is 5. The molecule has 4 aromatic rings. The fourth-order valence-electron chi connectivity index (χ4n) is 3.15. The second kappa shape index (κ2) is 8.45. The van der Waals surface area contributed by atoms with Crippen molar-refractivity contribution in [3.63, 3.8) is 0 Å². The summed E-state index contributed by atoms with van der Waals surface area (Å²) >= 11 is 2.66. The van der Waals surface area contributed by atoms with Gasteiger partial charge in [-0.15, -0.1) is 11.3 Å². The molecule has 7 heteroatoms. The maximum Gasteiger partial charge on any atom is 0.271 e. The highest BCUT2D eigenvalue weighted by Gasteiger charge is 2.25. The summed E-state index contributed by atoms with van der Waals surface area (Å²) in [5.41, 5.74) is 4.27. The number of nitrogens with one attached hydrogen (secondary N) is 1. The van der Waals surface area contributed by atoms with Crippen LogP contribution in [0.1, 0.15) is 21.9 Å². The van der Waals surface area contributed by atoms with Crippen LogP contribution < -0.4 is 10.9 Å². The summed E-state index contributed by atoms with van der Waals surface area (Å²) in [6.07, 6.45) is 0. The Morgan fingerprint density at radius 3 is 2.67 bits per heavy atom. The van der Waals surface area contributed by atoms with Crippen LogP contribution in [0.25, 0.3) is 10.2 Å². The van der Waals surface area contributed by atoms with Gasteiger partial charge in [0, 0.05) is 12.7 Å². The van der Waals surface area contributed by atoms with Gasteiger partial charge in [0.05, 0.1) is 5.52 Å². The predicted molar refractivity (Wildman–Crippen MR) is 124 cm³/mol. The Morgan fingerprint density at radius 2 is 1.90 bits per heavy atom. The molecule has 5 nitrogen and oxygen atoms in total. The topological polar surface area (TPSA) is 64.0 Å². The molecule has 0 aliphatic heterocycles. The Balaban J connectivity index is 1.72. The standard InChI is InChI=1S/C23H21N3O2S2/c1-14-9-10-15(2)18(13-14)24-21(27)19(16-7-5-4-6-8-16)30-23-25-17-11-12-29-20(17)22(28)26(23)3/h4-13,19H,1-3H3,(H,24,27). The van der Waals surface area contributed by atoms with Crippen LogP contribution in [0.15, 0.2) is 69.9 Å². The van der Waals surface area contributed by atoms with Gasteiger partial charge in [-0.2, -0.15) is 0 Å². The summed E-state index contributed by atoms with van der Waals surface area (Å²) in [6.45, 7) is 3.96. The van der Waals surface area contributed by atoms with Gasteiger partial charge in [-0.1, -0.05) is 54.2 Å². The number of thioether (sulfide) groups is 1. The first-order valence-electron chi connectivity index (χ1n) is 9.48. The second-order valence-corrected chi connectivity index (χ2v) is 9.10. The molecule has 152 valence electrons. The van der Waals surface area contributed by atoms with Crippen molar-refractivity contribution in [2.45, 2.75) is 24.3 Å². The Bertz CT molecular complexity index is 1280. The molecule has 0 bridgehead atoms. The second-order valence-electron chi connectivity index (χ2n) is 7.11. The van der Waals surface area contributed by atoms with E-state index in [2.05, 4.69) is 10.3 Å². The molecule has 2 aromatic carbocycles. The van der Waals surface area contributed by atoms with Gasteiger partial charge in [-0.25, -0.2) is 4.98 Å². The number of aromatic nitrogens is 2. The van der Waals surface area contributed by atoms with Crippen LogP contribution in [0, 0.1) is 13.8 Å². The minimum absolute atomic E-state index is 0.0979. The molecule has 0 saturated heterocycles. The van der Waals surface area contributed by atoms with Crippen LogP contribution in [0.2, 0.25) is 0 Å². The molecule has 2 heterocycles. The summed E-state index contributed by atoms with van der Waals surface area (Å²) in [5.74, 6) is -0.153. The highest BCUT2D eigenvalue weighted by molar-refractivity contribution is 8.00. The van der Waals surface area contributed by atoms with E-state index < -0.39 is 5.25 Å². The molecule has 1 N–H and O–H groups in total. The van der Waals surface area contributed by atoms with Crippen LogP contribution in [-0.2, 0) is 11.8 Å². The van der Waals surface area contributed by atoms with Crippen molar-refractivity contribution in [2.75, 3.05) is 5.32 Å². The van der Waals surface area contributed by atoms with Gasteiger partial charge in [0.15, 0.2) is 5.16 Å². The van der Waals surface area contributed by atoms with E-state index >= 15 is 0 Å². The van der Waals surface area contributed by atoms with E-state index in [0.717, 1.165) is 22.4 Å². The first-order valence-corrected chi connectivity index (χ1v) is 11.2. The third-order valence-corrected chi connectivity index (χ3v) is 7.05. The van der Waals surface area contributed by atoms with Crippen molar-refractivity contribution in [1.29, 1.82) is 0 Å². The number of hydrogen-bond acceptors (Lipinski definition) is 5. The Morgan fingerprint density at radius 1 is 1.13 bits per heavy atom. The molecule has 0 aliphatic rings. The molecular weight excluding hydrogens is 414 g/mol. The summed E-state index contributed by atoms with van der Waals surface area (Å²) in [4.78, 5) is 30.7. The molecule has 0 spiro atoms. The van der Waals surface area contributed by atoms with Gasteiger partial charge in [0.1, 0.15) is 9.95 Å². The third kappa shape index (κ3) is 4.04. The van der Waals surface area contributed by atoms with Crippen molar-refractivity contribution in [3.05, 3.63) is 87.0 Å². The lowest BCUT2D eigenvalue weighted by Gasteiger charge is -2.19. The maximum absolute atomic E-state index is 13.3. The molecule has 1 unspecified atom stereocenters. The van der Waals surface area contributed by atoms with Crippen LogP contribution in [0.3, 0.4) is 0 Å². The molecule has 1 amide bonds. The van der Waals surface area contributed by atoms with Gasteiger partial charge in [0.25, 0.3) is 5.56 Å². The quantitative estimate of drug-likeness (QED) is 0.351. The average molecular weight is 436 g/mol. The number of fused-ring (bicyclic) bond motifs is 1. The Hall–Kier alpha value is -2.90. The summed E-state index contributed by atoms with van der Waals surface area (Å²) < 4.78 is 2.14. The third-order valence-electron chi connectivity index (χ3n) is 4.86. The lowest BCUT2D eigenvalue weighted by atomic mass is 10.1. The van der Waals surface area contributed by atoms with Gasteiger partial charge in [0.2, 0.25) is 5.91 Å². The fourth-order valence-corrected chi connectivity index (χ4v) is 5.02. The minimum Gasteiger partial charge on any atom is -0.325 e. The smallest absolute Gasteiger partial charge is 0.271 e. The number of hydrogen-bond donors (Lipinski definition) is 1. The van der Waals surface area contributed by atoms with Crippen molar-refractivity contribution < 1.29 is 4.79 Å². The van der Waals surface area contributed by atoms with Gasteiger partial charge < -0.3 is 5.32 Å². The SMILES string of the molecule is Cc1ccc(C)c(NC(=O)C(Sc2nc3ccsc3c(=O)n2C)c2ccccc2)c1. The van der Waals surface area contributed by atoms with E-state index in [0.29, 0.717) is 15.4 Å². The molecule has 0 aliphatic carbocycles. The van der Waals surface area contributed by atoms with Crippen LogP contribution >= 0.6 is 23.1 Å². The highest BCUT2D eigenvalue weighted by atomic mass is 32.2. The zero-order chi connectivity index (χ0) is 21.3. The van der Waals surface area contributed by atoms with E-state index in [9.17, 15) is 9.59 Å². The number of carbonyl (C=O) groups excluding carboxylic acids is 1. The molecule has 0 saturated carbocycles. The van der Waals surface area contributed by atoms with Crippen LogP contribution in [0.4, 0.5) is 5.69 Å². The van der Waals surface area contributed by atoms with E-state index in [1.54, 1.807) is 7.05 Å². The lowest BCUT2D eigenvalue weighted by Crippen LogP contribution is -2.23. The number of amides is 1. The van der Waals surface area contributed by atoms with Crippen LogP contribution in [-0.4, -0.2) is 15.5 Å². The number of anilines is 1. The van der Waals surface area contributed by atoms with E-state index in [4.69, 9.17) is 0 Å². The highest BCUT2D eigenvalue weighted by Crippen LogP contribution is 2.36. The van der Waals surface area contributed by atoms with Gasteiger partial charge >= 0.3 is 0 Å².